The summed E-state index contributed by atoms with van der Waals surface area (Å²) < 4.78 is 26.3. The summed E-state index contributed by atoms with van der Waals surface area (Å²) in [6.07, 6.45) is 0.274. The van der Waals surface area contributed by atoms with Crippen LogP contribution in [0, 0.1) is 0 Å². The average Bonchev–Trinajstić information content (AvgIpc) is 2.72. The standard InChI is InChI=1S/C21H20O7/c1-24-17-11-14(12-18(25-2)19(17)26-3)20(22)27-9-8-15-10-13-6-4-5-7-16(13)21(23)28-15/h4-7,10-12H,8-9H2,1-3H3. The van der Waals surface area contributed by atoms with Crippen molar-refractivity contribution in [3.63, 3.8) is 0 Å². The first kappa shape index (κ1) is 19.3. The zero-order valence-electron chi connectivity index (χ0n) is 15.8. The highest BCUT2D eigenvalue weighted by Gasteiger charge is 2.18. The summed E-state index contributed by atoms with van der Waals surface area (Å²) in [5, 5.41) is 1.30. The molecule has 0 aliphatic heterocycles. The first-order valence-electron chi connectivity index (χ1n) is 8.56. The van der Waals surface area contributed by atoms with E-state index in [0.717, 1.165) is 5.39 Å². The van der Waals surface area contributed by atoms with Crippen LogP contribution in [-0.2, 0) is 11.2 Å². The molecular formula is C21H20O7. The Bertz CT molecular complexity index is 1030. The van der Waals surface area contributed by atoms with Gasteiger partial charge in [0.1, 0.15) is 5.76 Å². The van der Waals surface area contributed by atoms with Crippen molar-refractivity contribution in [2.24, 2.45) is 0 Å². The fraction of sp³-hybridized carbons (Fsp3) is 0.238. The smallest absolute Gasteiger partial charge is 0.343 e. The van der Waals surface area contributed by atoms with Gasteiger partial charge in [0.15, 0.2) is 11.5 Å². The Morgan fingerprint density at radius 2 is 1.64 bits per heavy atom. The summed E-state index contributed by atoms with van der Waals surface area (Å²) >= 11 is 0. The molecule has 7 heteroatoms. The molecule has 0 aliphatic carbocycles. The third-order valence-electron chi connectivity index (χ3n) is 4.20. The van der Waals surface area contributed by atoms with Crippen molar-refractivity contribution in [2.75, 3.05) is 27.9 Å². The molecule has 7 nitrogen and oxygen atoms in total. The lowest BCUT2D eigenvalue weighted by Gasteiger charge is -2.13. The molecule has 3 aromatic rings. The van der Waals surface area contributed by atoms with Crippen molar-refractivity contribution in [1.29, 1.82) is 0 Å². The highest BCUT2D eigenvalue weighted by atomic mass is 16.5. The van der Waals surface area contributed by atoms with Crippen molar-refractivity contribution < 1.29 is 28.2 Å². The number of carbonyl (C=O) groups excluding carboxylic acids is 1. The molecule has 0 bridgehead atoms. The molecule has 28 heavy (non-hydrogen) atoms. The van der Waals surface area contributed by atoms with E-state index in [0.29, 0.717) is 28.4 Å². The number of ether oxygens (including phenoxy) is 4. The van der Waals surface area contributed by atoms with Crippen molar-refractivity contribution in [3.8, 4) is 17.2 Å². The Hall–Kier alpha value is -3.48. The van der Waals surface area contributed by atoms with Crippen LogP contribution in [0.5, 0.6) is 17.2 Å². The van der Waals surface area contributed by atoms with Crippen molar-refractivity contribution in [2.45, 2.75) is 6.42 Å². The van der Waals surface area contributed by atoms with Crippen LogP contribution in [0.15, 0.2) is 51.7 Å². The van der Waals surface area contributed by atoms with Gasteiger partial charge in [-0.25, -0.2) is 9.59 Å². The minimum atomic E-state index is -0.553. The molecule has 0 saturated carbocycles. The summed E-state index contributed by atoms with van der Waals surface area (Å²) in [5.74, 6) is 0.993. The van der Waals surface area contributed by atoms with Gasteiger partial charge in [-0.2, -0.15) is 0 Å². The number of fused-ring (bicyclic) bond motifs is 1. The Morgan fingerprint density at radius 1 is 0.964 bits per heavy atom. The second-order valence-electron chi connectivity index (χ2n) is 5.89. The van der Waals surface area contributed by atoms with Crippen LogP contribution < -0.4 is 19.8 Å². The largest absolute Gasteiger partial charge is 0.493 e. The van der Waals surface area contributed by atoms with Crippen LogP contribution in [0.3, 0.4) is 0 Å². The predicted molar refractivity (Wildman–Crippen MR) is 103 cm³/mol. The number of hydrogen-bond donors (Lipinski definition) is 0. The molecule has 2 aromatic carbocycles. The van der Waals surface area contributed by atoms with Crippen LogP contribution in [0.1, 0.15) is 16.1 Å². The van der Waals surface area contributed by atoms with Gasteiger partial charge < -0.3 is 23.4 Å². The summed E-state index contributed by atoms with van der Waals surface area (Å²) in [4.78, 5) is 24.4. The van der Waals surface area contributed by atoms with E-state index in [1.807, 2.05) is 12.1 Å². The van der Waals surface area contributed by atoms with Crippen molar-refractivity contribution in [1.82, 2.24) is 0 Å². The molecule has 3 rings (SSSR count). The van der Waals surface area contributed by atoms with Gasteiger partial charge in [0, 0.05) is 6.42 Å². The van der Waals surface area contributed by atoms with Gasteiger partial charge in [0.2, 0.25) is 5.75 Å². The second kappa shape index (κ2) is 8.47. The third kappa shape index (κ3) is 3.93. The Kier molecular flexibility index (Phi) is 5.84. The molecule has 146 valence electrons. The van der Waals surface area contributed by atoms with Gasteiger partial charge in [-0.15, -0.1) is 0 Å². The summed E-state index contributed by atoms with van der Waals surface area (Å²) in [6.45, 7) is 0.0524. The van der Waals surface area contributed by atoms with Gasteiger partial charge in [0.05, 0.1) is 38.9 Å². The van der Waals surface area contributed by atoms with Crippen LogP contribution in [0.2, 0.25) is 0 Å². The maximum absolute atomic E-state index is 12.4. The number of esters is 1. The maximum atomic E-state index is 12.4. The van der Waals surface area contributed by atoms with E-state index in [1.165, 1.54) is 33.5 Å². The molecule has 0 amide bonds. The molecule has 0 N–H and O–H groups in total. The van der Waals surface area contributed by atoms with Crippen LogP contribution in [0.25, 0.3) is 10.8 Å². The first-order valence-corrected chi connectivity index (χ1v) is 8.56. The number of hydrogen-bond acceptors (Lipinski definition) is 7. The fourth-order valence-corrected chi connectivity index (χ4v) is 2.84. The fourth-order valence-electron chi connectivity index (χ4n) is 2.84. The molecule has 0 spiro atoms. The van der Waals surface area contributed by atoms with Crippen molar-refractivity contribution >= 4 is 16.7 Å². The highest BCUT2D eigenvalue weighted by molar-refractivity contribution is 5.91. The quantitative estimate of drug-likeness (QED) is 0.578. The average molecular weight is 384 g/mol. The molecule has 1 heterocycles. The Labute approximate surface area is 161 Å². The van der Waals surface area contributed by atoms with Gasteiger partial charge in [-0.1, -0.05) is 18.2 Å². The maximum Gasteiger partial charge on any atom is 0.343 e. The van der Waals surface area contributed by atoms with E-state index in [2.05, 4.69) is 0 Å². The first-order chi connectivity index (χ1) is 13.6. The van der Waals surface area contributed by atoms with Crippen LogP contribution >= 0.6 is 0 Å². The molecule has 1 aromatic heterocycles. The van der Waals surface area contributed by atoms with E-state index >= 15 is 0 Å². The highest BCUT2D eigenvalue weighted by Crippen LogP contribution is 2.38. The third-order valence-corrected chi connectivity index (χ3v) is 4.20. The zero-order valence-corrected chi connectivity index (χ0v) is 15.8. The van der Waals surface area contributed by atoms with Crippen LogP contribution in [0.4, 0.5) is 0 Å². The SMILES string of the molecule is COc1cc(C(=O)OCCc2cc3ccccc3c(=O)o2)cc(OC)c1OC. The molecule has 0 atom stereocenters. The number of carbonyl (C=O) groups is 1. The molecule has 0 unspecified atom stereocenters. The van der Waals surface area contributed by atoms with Gasteiger partial charge >= 0.3 is 11.6 Å². The Balaban J connectivity index is 1.72. The lowest BCUT2D eigenvalue weighted by atomic mass is 10.1. The lowest BCUT2D eigenvalue weighted by Crippen LogP contribution is -2.10. The van der Waals surface area contributed by atoms with Crippen LogP contribution in [-0.4, -0.2) is 33.9 Å². The number of rotatable bonds is 7. The molecule has 0 saturated heterocycles. The number of benzene rings is 2. The molecule has 0 aliphatic rings. The predicted octanol–water partition coefficient (Wildman–Crippen LogP) is 3.22. The van der Waals surface area contributed by atoms with Gasteiger partial charge in [-0.3, -0.25) is 0 Å². The summed E-state index contributed by atoms with van der Waals surface area (Å²) in [7, 11) is 4.41. The van der Waals surface area contributed by atoms with Gasteiger partial charge in [-0.05, 0) is 29.7 Å². The monoisotopic (exact) mass is 384 g/mol. The lowest BCUT2D eigenvalue weighted by molar-refractivity contribution is 0.0503. The normalized spacial score (nSPS) is 10.5. The van der Waals surface area contributed by atoms with E-state index in [9.17, 15) is 9.59 Å². The molecule has 0 fully saturated rings. The van der Waals surface area contributed by atoms with E-state index in [-0.39, 0.29) is 18.6 Å². The molecular weight excluding hydrogens is 364 g/mol. The van der Waals surface area contributed by atoms with E-state index in [4.69, 9.17) is 23.4 Å². The van der Waals surface area contributed by atoms with Crippen molar-refractivity contribution in [3.05, 3.63) is 64.2 Å². The summed E-state index contributed by atoms with van der Waals surface area (Å²) in [5.41, 5.74) is -0.154. The number of methoxy groups -OCH3 is 3. The Morgan fingerprint density at radius 3 is 2.29 bits per heavy atom. The molecule has 0 radical (unpaired) electrons. The summed E-state index contributed by atoms with van der Waals surface area (Å²) in [6, 6.07) is 11.9. The minimum Gasteiger partial charge on any atom is -0.493 e. The second-order valence-corrected chi connectivity index (χ2v) is 5.89. The zero-order chi connectivity index (χ0) is 20.1. The van der Waals surface area contributed by atoms with E-state index < -0.39 is 11.6 Å². The van der Waals surface area contributed by atoms with Gasteiger partial charge in [0.25, 0.3) is 0 Å². The minimum absolute atomic E-state index is 0.0524. The topological polar surface area (TPSA) is 84.2 Å². The van der Waals surface area contributed by atoms with E-state index in [1.54, 1.807) is 18.2 Å².